The van der Waals surface area contributed by atoms with Crippen LogP contribution in [0.15, 0.2) is 64.7 Å². The van der Waals surface area contributed by atoms with Crippen molar-refractivity contribution >= 4 is 40.0 Å². The molecule has 1 atom stereocenters. The van der Waals surface area contributed by atoms with E-state index in [9.17, 15) is 13.6 Å². The number of alkyl halides is 2. The van der Waals surface area contributed by atoms with Crippen molar-refractivity contribution < 1.29 is 42.8 Å². The molecule has 1 saturated carbocycles. The average molecular weight is 612 g/mol. The molecule has 3 rings (SSSR count). The fourth-order valence-corrected chi connectivity index (χ4v) is 4.09. The van der Waals surface area contributed by atoms with E-state index in [1.807, 2.05) is 0 Å². The van der Waals surface area contributed by atoms with Crippen LogP contribution in [0.4, 0.5) is 19.3 Å². The Labute approximate surface area is 238 Å². The Morgan fingerprint density at radius 1 is 1.21 bits per heavy atom. The summed E-state index contributed by atoms with van der Waals surface area (Å²) in [5.41, 5.74) is 8.03. The van der Waals surface area contributed by atoms with Crippen LogP contribution in [0.1, 0.15) is 36.5 Å². The van der Waals surface area contributed by atoms with Crippen LogP contribution in [0.3, 0.4) is 0 Å². The van der Waals surface area contributed by atoms with Crippen molar-refractivity contribution in [3.63, 3.8) is 0 Å². The van der Waals surface area contributed by atoms with Gasteiger partial charge in [0.15, 0.2) is 0 Å². The zero-order chi connectivity index (χ0) is 27.8. The maximum absolute atomic E-state index is 13.1. The molecule has 0 bridgehead atoms. The zero-order valence-electron chi connectivity index (χ0n) is 20.6. The topological polar surface area (TPSA) is 74.0 Å². The standard InChI is InChI=1S/C27H28Cl2F2N2O4.Ni/c1-16(28)22(17(2)29)13-24(37-27(34)33(3)14-18-6-9-21(32)10-7-18)20-8-11-23(36-26(30)31)25(12-20)35-15-19-4-5-19;/h1,6-12,19,24,26H,2,4-5,13-15,32H2,3H3;/b22-16+;/t24-;/m0./s1. The van der Waals surface area contributed by atoms with Crippen LogP contribution in [-0.4, -0.2) is 36.3 Å². The van der Waals surface area contributed by atoms with E-state index >= 15 is 0 Å². The molecule has 0 heterocycles. The predicted octanol–water partition coefficient (Wildman–Crippen LogP) is 6.95. The van der Waals surface area contributed by atoms with E-state index in [-0.39, 0.29) is 34.5 Å². The van der Waals surface area contributed by atoms with E-state index in [0.717, 1.165) is 18.4 Å². The number of rotatable bonds is 13. The molecule has 6 nitrogen and oxygen atoms in total. The van der Waals surface area contributed by atoms with Gasteiger partial charge in [-0.2, -0.15) is 0 Å². The summed E-state index contributed by atoms with van der Waals surface area (Å²) in [5, 5.41) is 0.312. The van der Waals surface area contributed by atoms with Crippen molar-refractivity contribution in [2.75, 3.05) is 19.4 Å². The number of anilines is 1. The van der Waals surface area contributed by atoms with Gasteiger partial charge in [-0.3, -0.25) is 0 Å². The Balaban J connectivity index is 1.91. The molecule has 0 saturated heterocycles. The maximum atomic E-state index is 13.1. The summed E-state index contributed by atoms with van der Waals surface area (Å²) in [7, 11) is 1.59. The predicted molar refractivity (Wildman–Crippen MR) is 141 cm³/mol. The second-order valence-corrected chi connectivity index (χ2v) is 9.98. The van der Waals surface area contributed by atoms with Gasteiger partial charge in [0, 0.05) is 5.69 Å². The van der Waals surface area contributed by atoms with Crippen molar-refractivity contribution in [3.05, 3.63) is 75.8 Å². The molecule has 1 aliphatic carbocycles. The first-order valence-electron chi connectivity index (χ1n) is 11.7. The number of halogens is 4. The number of hydrogen-bond donors (Lipinski definition) is 1. The Bertz CT molecular complexity index is 1190. The van der Waals surface area contributed by atoms with Gasteiger partial charge in [-0.15, -0.1) is 0 Å². The fourth-order valence-electron chi connectivity index (χ4n) is 3.50. The minimum absolute atomic E-state index is 0.0274. The van der Waals surface area contributed by atoms with Gasteiger partial charge in [0.1, 0.15) is 0 Å². The number of allylic oxidation sites excluding steroid dienone is 2. The van der Waals surface area contributed by atoms with Crippen LogP contribution >= 0.6 is 23.2 Å². The van der Waals surface area contributed by atoms with Gasteiger partial charge in [-0.25, -0.2) is 0 Å². The zero-order valence-corrected chi connectivity index (χ0v) is 23.1. The van der Waals surface area contributed by atoms with E-state index in [1.165, 1.54) is 28.1 Å². The van der Waals surface area contributed by atoms with Crippen molar-refractivity contribution in [1.82, 2.24) is 4.90 Å². The van der Waals surface area contributed by atoms with Crippen LogP contribution < -0.4 is 15.2 Å². The van der Waals surface area contributed by atoms with Crippen LogP contribution in [0, 0.1) is 5.92 Å². The second-order valence-electron chi connectivity index (χ2n) is 8.84. The van der Waals surface area contributed by atoms with Gasteiger partial charge in [0.2, 0.25) is 0 Å². The summed E-state index contributed by atoms with van der Waals surface area (Å²) < 4.78 is 42.3. The second kappa shape index (κ2) is 14.0. The molecule has 2 N–H and O–H groups in total. The molecule has 38 heavy (non-hydrogen) atoms. The normalized spacial score (nSPS) is 14.4. The van der Waals surface area contributed by atoms with E-state index in [2.05, 4.69) is 26.3 Å². The SMILES string of the molecule is C=C(Cl)/C(C[C@H](OC(=O)N(C)Cc1ccc(N)cc1)c1ccc(OC(F)F)c(OCC2CC2)c1)=C(/Cl)[CH]=[Ni]. The molecule has 2 aromatic carbocycles. The third-order valence-corrected chi connectivity index (χ3v) is 6.76. The number of ether oxygens (including phenoxy) is 3. The number of benzene rings is 2. The Hall–Kier alpha value is -2.61. The van der Waals surface area contributed by atoms with Crippen molar-refractivity contribution in [3.8, 4) is 11.5 Å². The molecule has 2 aromatic rings. The van der Waals surface area contributed by atoms with E-state index in [0.29, 0.717) is 29.3 Å². The van der Waals surface area contributed by atoms with Gasteiger partial charge in [0.25, 0.3) is 0 Å². The first-order chi connectivity index (χ1) is 18.1. The average Bonchev–Trinajstić information content (AvgIpc) is 3.70. The van der Waals surface area contributed by atoms with Gasteiger partial charge in [0.05, 0.1) is 0 Å². The molecule has 1 aliphatic rings. The molecule has 208 valence electrons. The molecule has 0 aliphatic heterocycles. The Kier molecular flexibility index (Phi) is 11.0. The number of nitrogen functional groups attached to an aromatic ring is 1. The summed E-state index contributed by atoms with van der Waals surface area (Å²) in [4.78, 5) is 15.8. The van der Waals surface area contributed by atoms with Crippen LogP contribution in [0.25, 0.3) is 0 Å². The number of nitrogens with zero attached hydrogens (tertiary/aromatic N) is 1. The van der Waals surface area contributed by atoms with Crippen molar-refractivity contribution in [2.24, 2.45) is 5.92 Å². The fraction of sp³-hybridized carbons (Fsp3) is 0.333. The van der Waals surface area contributed by atoms with Gasteiger partial charge in [-0.1, -0.05) is 0 Å². The van der Waals surface area contributed by atoms with Gasteiger partial charge >= 0.3 is 227 Å². The summed E-state index contributed by atoms with van der Waals surface area (Å²) in [6.07, 6.45) is 0.475. The Morgan fingerprint density at radius 2 is 1.89 bits per heavy atom. The summed E-state index contributed by atoms with van der Waals surface area (Å²) in [5.74, 6) is 0.362. The molecule has 1 fully saturated rings. The number of carbonyl (C=O) groups is 1. The third kappa shape index (κ3) is 9.00. The summed E-state index contributed by atoms with van der Waals surface area (Å²) >= 11 is 17.1. The van der Waals surface area contributed by atoms with E-state index in [1.54, 1.807) is 31.3 Å². The molecule has 0 radical (unpaired) electrons. The summed E-state index contributed by atoms with van der Waals surface area (Å²) in [6, 6.07) is 11.5. The number of nitrogens with two attached hydrogens (primary N) is 1. The first kappa shape index (κ1) is 29.9. The number of amides is 1. The van der Waals surface area contributed by atoms with E-state index < -0.39 is 18.8 Å². The van der Waals surface area contributed by atoms with Crippen LogP contribution in [0.5, 0.6) is 11.5 Å². The quantitative estimate of drug-likeness (QED) is 0.151. The molecule has 0 unspecified atom stereocenters. The van der Waals surface area contributed by atoms with E-state index in [4.69, 9.17) is 38.4 Å². The molecular formula is C27H28Cl2F2N2NiO4. The van der Waals surface area contributed by atoms with Gasteiger partial charge < -0.3 is 5.73 Å². The molecule has 0 spiro atoms. The first-order valence-corrected chi connectivity index (χ1v) is 13.0. The molecular weight excluding hydrogens is 584 g/mol. The number of carbonyl (C=O) groups excluding carboxylic acids is 1. The van der Waals surface area contributed by atoms with Gasteiger partial charge in [-0.05, 0) is 0 Å². The van der Waals surface area contributed by atoms with Crippen molar-refractivity contribution in [2.45, 2.75) is 38.5 Å². The summed E-state index contributed by atoms with van der Waals surface area (Å²) in [6.45, 7) is 1.33. The number of hydrogen-bond acceptors (Lipinski definition) is 5. The monoisotopic (exact) mass is 610 g/mol. The third-order valence-electron chi connectivity index (χ3n) is 5.77. The van der Waals surface area contributed by atoms with Crippen LogP contribution in [0.2, 0.25) is 0 Å². The Morgan fingerprint density at radius 3 is 2.47 bits per heavy atom. The van der Waals surface area contributed by atoms with Crippen LogP contribution in [-0.2, 0) is 26.3 Å². The van der Waals surface area contributed by atoms with Crippen molar-refractivity contribution in [1.29, 1.82) is 0 Å². The molecule has 0 aromatic heterocycles. The minimum atomic E-state index is -3.03. The molecule has 1 amide bonds. The molecule has 11 heteroatoms.